The third kappa shape index (κ3) is 4.08. The SMILES string of the molecule is C#CCNC(=O)c1noc2c1CN(C(=O)COCC(=O)O)CC2. The number of carboxylic acid groups (broad SMARTS) is 1. The summed E-state index contributed by atoms with van der Waals surface area (Å²) in [6, 6.07) is 0. The second-order valence-corrected chi connectivity index (χ2v) is 4.77. The van der Waals surface area contributed by atoms with Gasteiger partial charge in [-0.15, -0.1) is 6.42 Å². The second kappa shape index (κ2) is 7.42. The Bertz CT molecular complexity index is 660. The quantitative estimate of drug-likeness (QED) is 0.646. The molecule has 1 aromatic heterocycles. The standard InChI is InChI=1S/C14H15N3O6/c1-2-4-15-14(21)13-9-6-17(5-3-10(9)23-16-13)11(18)7-22-8-12(19)20/h1H,3-8H2,(H,15,21)(H,19,20). The van der Waals surface area contributed by atoms with Crippen LogP contribution in [0.1, 0.15) is 21.8 Å². The average Bonchev–Trinajstić information content (AvgIpc) is 2.95. The van der Waals surface area contributed by atoms with Crippen LogP contribution in [0.4, 0.5) is 0 Å². The fourth-order valence-corrected chi connectivity index (χ4v) is 2.13. The van der Waals surface area contributed by atoms with Gasteiger partial charge in [-0.3, -0.25) is 9.59 Å². The van der Waals surface area contributed by atoms with Crippen LogP contribution in [0.15, 0.2) is 4.52 Å². The number of nitrogens with one attached hydrogen (secondary N) is 1. The third-order valence-corrected chi connectivity index (χ3v) is 3.20. The van der Waals surface area contributed by atoms with Crippen LogP contribution in [-0.2, 0) is 27.3 Å². The molecule has 0 saturated heterocycles. The Morgan fingerprint density at radius 1 is 1.43 bits per heavy atom. The summed E-state index contributed by atoms with van der Waals surface area (Å²) in [5.41, 5.74) is 0.622. The van der Waals surface area contributed by atoms with Crippen molar-refractivity contribution in [3.8, 4) is 12.3 Å². The van der Waals surface area contributed by atoms with E-state index in [1.807, 2.05) is 0 Å². The highest BCUT2D eigenvalue weighted by Gasteiger charge is 2.29. The number of hydrogen-bond acceptors (Lipinski definition) is 6. The summed E-state index contributed by atoms with van der Waals surface area (Å²) in [6.07, 6.45) is 5.49. The lowest BCUT2D eigenvalue weighted by molar-refractivity contribution is -0.146. The molecule has 1 aliphatic heterocycles. The Labute approximate surface area is 131 Å². The molecule has 122 valence electrons. The molecule has 0 aromatic carbocycles. The molecule has 2 heterocycles. The van der Waals surface area contributed by atoms with Crippen molar-refractivity contribution in [1.82, 2.24) is 15.4 Å². The van der Waals surface area contributed by atoms with Crippen molar-refractivity contribution in [3.63, 3.8) is 0 Å². The molecule has 0 atom stereocenters. The zero-order chi connectivity index (χ0) is 16.8. The van der Waals surface area contributed by atoms with Crippen LogP contribution in [0, 0.1) is 12.3 Å². The van der Waals surface area contributed by atoms with Crippen LogP contribution in [0.2, 0.25) is 0 Å². The van der Waals surface area contributed by atoms with Gasteiger partial charge in [0.15, 0.2) is 5.69 Å². The number of carbonyl (C=O) groups excluding carboxylic acids is 2. The first-order chi connectivity index (χ1) is 11.0. The smallest absolute Gasteiger partial charge is 0.329 e. The van der Waals surface area contributed by atoms with Crippen molar-refractivity contribution < 1.29 is 28.8 Å². The molecule has 0 aliphatic carbocycles. The summed E-state index contributed by atoms with van der Waals surface area (Å²) < 4.78 is 9.90. The van der Waals surface area contributed by atoms with Crippen molar-refractivity contribution in [2.24, 2.45) is 0 Å². The number of aliphatic carboxylic acids is 1. The predicted molar refractivity (Wildman–Crippen MR) is 75.2 cm³/mol. The van der Waals surface area contributed by atoms with Gasteiger partial charge in [0.25, 0.3) is 5.91 Å². The maximum Gasteiger partial charge on any atom is 0.329 e. The Kier molecular flexibility index (Phi) is 5.32. The molecule has 0 saturated carbocycles. The van der Waals surface area contributed by atoms with Gasteiger partial charge in [-0.1, -0.05) is 11.1 Å². The number of fused-ring (bicyclic) bond motifs is 1. The zero-order valence-electron chi connectivity index (χ0n) is 12.2. The van der Waals surface area contributed by atoms with E-state index in [1.165, 1.54) is 4.90 Å². The minimum atomic E-state index is -1.15. The van der Waals surface area contributed by atoms with E-state index < -0.39 is 18.5 Å². The number of carbonyl (C=O) groups is 3. The maximum atomic E-state index is 12.0. The van der Waals surface area contributed by atoms with E-state index in [-0.39, 0.29) is 31.3 Å². The average molecular weight is 321 g/mol. The number of hydrogen-bond donors (Lipinski definition) is 2. The lowest BCUT2D eigenvalue weighted by Gasteiger charge is -2.26. The topological polar surface area (TPSA) is 122 Å². The molecule has 0 unspecified atom stereocenters. The highest BCUT2D eigenvalue weighted by Crippen LogP contribution is 2.22. The van der Waals surface area contributed by atoms with Gasteiger partial charge in [0.05, 0.1) is 13.1 Å². The molecule has 2 N–H and O–H groups in total. The molecule has 2 rings (SSSR count). The van der Waals surface area contributed by atoms with Gasteiger partial charge >= 0.3 is 5.97 Å². The summed E-state index contributed by atoms with van der Waals surface area (Å²) in [5.74, 6) is 0.844. The minimum Gasteiger partial charge on any atom is -0.480 e. The first-order valence-corrected chi connectivity index (χ1v) is 6.79. The number of ether oxygens (including phenoxy) is 1. The summed E-state index contributed by atoms with van der Waals surface area (Å²) >= 11 is 0. The Hall–Kier alpha value is -2.86. The summed E-state index contributed by atoms with van der Waals surface area (Å²) in [6.45, 7) is -0.300. The highest BCUT2D eigenvalue weighted by molar-refractivity contribution is 5.94. The fraction of sp³-hybridized carbons (Fsp3) is 0.429. The molecule has 9 nitrogen and oxygen atoms in total. The van der Waals surface area contributed by atoms with Crippen molar-refractivity contribution in [1.29, 1.82) is 0 Å². The molecular formula is C14H15N3O6. The molecule has 0 radical (unpaired) electrons. The Balaban J connectivity index is 2.00. The van der Waals surface area contributed by atoms with Gasteiger partial charge in [0, 0.05) is 18.5 Å². The fourth-order valence-electron chi connectivity index (χ4n) is 2.13. The first kappa shape index (κ1) is 16.5. The molecule has 0 bridgehead atoms. The molecule has 0 spiro atoms. The largest absolute Gasteiger partial charge is 0.480 e. The Morgan fingerprint density at radius 3 is 2.91 bits per heavy atom. The van der Waals surface area contributed by atoms with E-state index in [0.29, 0.717) is 24.3 Å². The van der Waals surface area contributed by atoms with Crippen molar-refractivity contribution in [3.05, 3.63) is 17.0 Å². The van der Waals surface area contributed by atoms with E-state index in [2.05, 4.69) is 16.4 Å². The molecule has 0 fully saturated rings. The van der Waals surface area contributed by atoms with Crippen LogP contribution >= 0.6 is 0 Å². The predicted octanol–water partition coefficient (Wildman–Crippen LogP) is -0.976. The van der Waals surface area contributed by atoms with Crippen molar-refractivity contribution in [2.45, 2.75) is 13.0 Å². The summed E-state index contributed by atoms with van der Waals surface area (Å²) in [7, 11) is 0. The molecule has 23 heavy (non-hydrogen) atoms. The number of amides is 2. The van der Waals surface area contributed by atoms with Crippen LogP contribution in [-0.4, -0.2) is 59.3 Å². The van der Waals surface area contributed by atoms with Crippen LogP contribution in [0.3, 0.4) is 0 Å². The van der Waals surface area contributed by atoms with E-state index in [4.69, 9.17) is 20.8 Å². The number of aromatic nitrogens is 1. The van der Waals surface area contributed by atoms with E-state index in [0.717, 1.165) is 0 Å². The monoisotopic (exact) mass is 321 g/mol. The van der Waals surface area contributed by atoms with Gasteiger partial charge in [-0.2, -0.15) is 0 Å². The van der Waals surface area contributed by atoms with Gasteiger partial charge in [0.1, 0.15) is 19.0 Å². The Morgan fingerprint density at radius 2 is 2.22 bits per heavy atom. The van der Waals surface area contributed by atoms with Crippen LogP contribution in [0.5, 0.6) is 0 Å². The lowest BCUT2D eigenvalue weighted by Crippen LogP contribution is -2.39. The van der Waals surface area contributed by atoms with Gasteiger partial charge in [0.2, 0.25) is 5.91 Å². The molecule has 1 aliphatic rings. The van der Waals surface area contributed by atoms with E-state index in [1.54, 1.807) is 0 Å². The molecule has 9 heteroatoms. The highest BCUT2D eigenvalue weighted by atomic mass is 16.5. The first-order valence-electron chi connectivity index (χ1n) is 6.79. The normalized spacial score (nSPS) is 13.1. The van der Waals surface area contributed by atoms with Crippen LogP contribution in [0.25, 0.3) is 0 Å². The second-order valence-electron chi connectivity index (χ2n) is 4.77. The maximum absolute atomic E-state index is 12.0. The molecular weight excluding hydrogens is 306 g/mol. The minimum absolute atomic E-state index is 0.0616. The molecule has 1 aromatic rings. The number of nitrogens with zero attached hydrogens (tertiary/aromatic N) is 2. The number of terminal acetylenes is 1. The number of carboxylic acids is 1. The van der Waals surface area contributed by atoms with E-state index in [9.17, 15) is 14.4 Å². The van der Waals surface area contributed by atoms with E-state index >= 15 is 0 Å². The van der Waals surface area contributed by atoms with Gasteiger partial charge in [-0.05, 0) is 0 Å². The number of rotatable bonds is 6. The lowest BCUT2D eigenvalue weighted by atomic mass is 10.1. The van der Waals surface area contributed by atoms with Crippen LogP contribution < -0.4 is 5.32 Å². The summed E-state index contributed by atoms with van der Waals surface area (Å²) in [4.78, 5) is 35.8. The summed E-state index contributed by atoms with van der Waals surface area (Å²) in [5, 5.41) is 14.7. The zero-order valence-corrected chi connectivity index (χ0v) is 12.2. The van der Waals surface area contributed by atoms with Crippen molar-refractivity contribution >= 4 is 17.8 Å². The van der Waals surface area contributed by atoms with Gasteiger partial charge in [-0.25, -0.2) is 4.79 Å². The third-order valence-electron chi connectivity index (χ3n) is 3.20. The molecule has 2 amide bonds. The van der Waals surface area contributed by atoms with Gasteiger partial charge < -0.3 is 24.6 Å². The van der Waals surface area contributed by atoms with Crippen molar-refractivity contribution in [2.75, 3.05) is 26.3 Å².